The lowest BCUT2D eigenvalue weighted by Crippen LogP contribution is -2.52. The third-order valence-corrected chi connectivity index (χ3v) is 1.65. The first-order valence-corrected chi connectivity index (χ1v) is 3.39. The molecule has 4 N–H and O–H groups in total. The Bertz CT molecular complexity index is 205. The third kappa shape index (κ3) is 1.66. The highest BCUT2D eigenvalue weighted by atomic mass is 16.5. The van der Waals surface area contributed by atoms with Gasteiger partial charge in [-0.25, -0.2) is 0 Å². The third-order valence-electron chi connectivity index (χ3n) is 1.65. The first-order valence-electron chi connectivity index (χ1n) is 3.39. The van der Waals surface area contributed by atoms with Gasteiger partial charge in [-0.2, -0.15) is 0 Å². The van der Waals surface area contributed by atoms with Crippen molar-refractivity contribution in [2.24, 2.45) is 5.11 Å². The number of nitrogens with zero attached hydrogens (tertiary/aromatic N) is 2. The van der Waals surface area contributed by atoms with Crippen LogP contribution in [0.2, 0.25) is 0 Å². The molecule has 1 saturated heterocycles. The molecule has 1 aliphatic rings. The molecule has 0 bridgehead atoms. The van der Waals surface area contributed by atoms with Gasteiger partial charge in [0.1, 0.15) is 23.8 Å². The van der Waals surface area contributed by atoms with Crippen molar-refractivity contribution in [3.8, 4) is 0 Å². The number of hydrogen-bond acceptors (Lipinski definition) is 6. The molecule has 68 valence electrons. The van der Waals surface area contributed by atoms with Gasteiger partial charge in [0, 0.05) is 0 Å². The summed E-state index contributed by atoms with van der Waals surface area (Å²) >= 11 is 0. The standard InChI is InChI=1S/C5H10N3O4/c6-8-7-5-4(11)3(10)2(9)1-12-5/h2-6,9-11H,1H2/q+1/t2-,3+,4-,5-/m1/s1. The quantitative estimate of drug-likeness (QED) is 0.272. The second kappa shape index (κ2) is 3.70. The fourth-order valence-electron chi connectivity index (χ4n) is 0.949. The number of ether oxygens (including phenoxy) is 1. The average Bonchev–Trinajstić information content (AvgIpc) is 2.07. The minimum Gasteiger partial charge on any atom is -0.388 e. The van der Waals surface area contributed by atoms with Gasteiger partial charge in [0.2, 0.25) is 4.91 Å². The van der Waals surface area contributed by atoms with Crippen molar-refractivity contribution >= 4 is 0 Å². The molecule has 1 fully saturated rings. The summed E-state index contributed by atoms with van der Waals surface area (Å²) in [5.41, 5.74) is 6.37. The van der Waals surface area contributed by atoms with Gasteiger partial charge in [0.25, 0.3) is 6.23 Å². The molecule has 12 heavy (non-hydrogen) atoms. The second-order valence-corrected chi connectivity index (χ2v) is 2.49. The van der Waals surface area contributed by atoms with E-state index in [2.05, 4.69) is 10.0 Å². The monoisotopic (exact) mass is 176 g/mol. The lowest BCUT2D eigenvalue weighted by Gasteiger charge is -2.29. The Balaban J connectivity index is 2.64. The fourth-order valence-corrected chi connectivity index (χ4v) is 0.949. The van der Waals surface area contributed by atoms with E-state index in [1.165, 1.54) is 0 Å². The van der Waals surface area contributed by atoms with Crippen molar-refractivity contribution in [3.63, 3.8) is 0 Å². The molecule has 1 aliphatic heterocycles. The Morgan fingerprint density at radius 3 is 2.58 bits per heavy atom. The molecule has 0 aromatic rings. The molecule has 7 nitrogen and oxygen atoms in total. The zero-order chi connectivity index (χ0) is 9.14. The number of nitrogens with one attached hydrogen (secondary N) is 1. The highest BCUT2D eigenvalue weighted by Crippen LogP contribution is 2.15. The Hall–Kier alpha value is -0.850. The van der Waals surface area contributed by atoms with Crippen LogP contribution in [0, 0.1) is 5.53 Å². The molecule has 1 rings (SSSR count). The number of rotatable bonds is 1. The molecule has 0 aromatic heterocycles. The van der Waals surface area contributed by atoms with Crippen LogP contribution in [-0.4, -0.2) is 46.5 Å². The van der Waals surface area contributed by atoms with Crippen molar-refractivity contribution in [1.82, 2.24) is 4.91 Å². The second-order valence-electron chi connectivity index (χ2n) is 2.49. The van der Waals surface area contributed by atoms with Crippen molar-refractivity contribution in [3.05, 3.63) is 0 Å². The summed E-state index contributed by atoms with van der Waals surface area (Å²) in [6.45, 7) is -0.123. The van der Waals surface area contributed by atoms with E-state index < -0.39 is 24.5 Å². The molecule has 0 amide bonds. The smallest absolute Gasteiger partial charge is 0.260 e. The van der Waals surface area contributed by atoms with Crippen LogP contribution >= 0.6 is 0 Å². The van der Waals surface area contributed by atoms with Crippen LogP contribution in [0.25, 0.3) is 0 Å². The Morgan fingerprint density at radius 1 is 1.33 bits per heavy atom. The molecule has 0 aromatic carbocycles. The maximum atomic E-state index is 9.17. The predicted molar refractivity (Wildman–Crippen MR) is 35.0 cm³/mol. The molecular formula is C5H10N3O4+. The molecule has 0 aliphatic carbocycles. The van der Waals surface area contributed by atoms with Crippen LogP contribution in [0.15, 0.2) is 5.11 Å². The van der Waals surface area contributed by atoms with E-state index in [1.54, 1.807) is 0 Å². The summed E-state index contributed by atoms with van der Waals surface area (Å²) in [7, 11) is 0. The Kier molecular flexibility index (Phi) is 2.85. The summed E-state index contributed by atoms with van der Waals surface area (Å²) < 4.78 is 4.77. The lowest BCUT2D eigenvalue weighted by atomic mass is 10.1. The molecule has 4 atom stereocenters. The normalized spacial score (nSPS) is 41.9. The maximum absolute atomic E-state index is 9.17. The summed E-state index contributed by atoms with van der Waals surface area (Å²) in [5, 5.41) is 30.4. The van der Waals surface area contributed by atoms with Crippen molar-refractivity contribution < 1.29 is 20.1 Å². The van der Waals surface area contributed by atoms with Crippen LogP contribution in [-0.2, 0) is 4.74 Å². The van der Waals surface area contributed by atoms with Crippen LogP contribution < -0.4 is 4.91 Å². The fraction of sp³-hybridized carbons (Fsp3) is 1.00. The molecule has 7 heteroatoms. The van der Waals surface area contributed by atoms with E-state index in [0.29, 0.717) is 0 Å². The number of aliphatic hydroxyl groups is 3. The molecule has 0 radical (unpaired) electrons. The van der Waals surface area contributed by atoms with Gasteiger partial charge in [0.05, 0.1) is 6.61 Å². The maximum Gasteiger partial charge on any atom is 0.260 e. The molecule has 0 spiro atoms. The first kappa shape index (κ1) is 9.24. The Morgan fingerprint density at radius 2 is 2.00 bits per heavy atom. The van der Waals surface area contributed by atoms with Crippen molar-refractivity contribution in [2.75, 3.05) is 6.61 Å². The number of aliphatic hydroxyl groups excluding tert-OH is 3. The van der Waals surface area contributed by atoms with Crippen molar-refractivity contribution in [2.45, 2.75) is 24.5 Å². The van der Waals surface area contributed by atoms with E-state index >= 15 is 0 Å². The van der Waals surface area contributed by atoms with Gasteiger partial charge in [-0.3, -0.25) is 0 Å². The summed E-state index contributed by atoms with van der Waals surface area (Å²) in [6.07, 6.45) is -4.80. The highest BCUT2D eigenvalue weighted by molar-refractivity contribution is 4.84. The van der Waals surface area contributed by atoms with Gasteiger partial charge in [-0.1, -0.05) is 0 Å². The summed E-state index contributed by atoms with van der Waals surface area (Å²) in [5.74, 6) is 0. The van der Waals surface area contributed by atoms with E-state index in [4.69, 9.17) is 25.6 Å². The van der Waals surface area contributed by atoms with Crippen LogP contribution in [0.3, 0.4) is 0 Å². The van der Waals surface area contributed by atoms with E-state index in [9.17, 15) is 0 Å². The minimum absolute atomic E-state index is 0.123. The SMILES string of the molecule is N=[N+]=N[C@@H]1OC[C@@H](O)[C@H](O)[C@H]1O. The van der Waals surface area contributed by atoms with Crippen LogP contribution in [0.1, 0.15) is 0 Å². The van der Waals surface area contributed by atoms with Crippen molar-refractivity contribution in [1.29, 1.82) is 5.53 Å². The first-order chi connectivity index (χ1) is 5.66. The molecule has 0 unspecified atom stereocenters. The lowest BCUT2D eigenvalue weighted by molar-refractivity contribution is -0.186. The van der Waals surface area contributed by atoms with Crippen LogP contribution in [0.4, 0.5) is 0 Å². The zero-order valence-electron chi connectivity index (χ0n) is 6.16. The average molecular weight is 176 g/mol. The topological polar surface area (TPSA) is 120 Å². The summed E-state index contributed by atoms with van der Waals surface area (Å²) in [6, 6.07) is 0. The zero-order valence-corrected chi connectivity index (χ0v) is 6.16. The van der Waals surface area contributed by atoms with E-state index in [1.807, 2.05) is 0 Å². The molecule has 1 heterocycles. The van der Waals surface area contributed by atoms with Gasteiger partial charge in [-0.15, -0.1) is 0 Å². The van der Waals surface area contributed by atoms with Gasteiger partial charge < -0.3 is 20.1 Å². The largest absolute Gasteiger partial charge is 0.388 e. The van der Waals surface area contributed by atoms with Gasteiger partial charge >= 0.3 is 0 Å². The van der Waals surface area contributed by atoms with Crippen LogP contribution in [0.5, 0.6) is 0 Å². The Labute approximate surface area is 67.8 Å². The van der Waals surface area contributed by atoms with E-state index in [0.717, 1.165) is 0 Å². The summed E-state index contributed by atoms with van der Waals surface area (Å²) in [4.78, 5) is 2.67. The minimum atomic E-state index is -1.33. The molecular weight excluding hydrogens is 166 g/mol. The highest BCUT2D eigenvalue weighted by Gasteiger charge is 2.40. The van der Waals surface area contributed by atoms with Gasteiger partial charge in [0.15, 0.2) is 5.11 Å². The molecule has 0 saturated carbocycles. The predicted octanol–water partition coefficient (Wildman–Crippen LogP) is -2.02. The van der Waals surface area contributed by atoms with E-state index in [-0.39, 0.29) is 6.61 Å². The van der Waals surface area contributed by atoms with Gasteiger partial charge in [-0.05, 0) is 0 Å². The number of hydrogen-bond donors (Lipinski definition) is 4.